The predicted octanol–water partition coefficient (Wildman–Crippen LogP) is 5.09. The van der Waals surface area contributed by atoms with Gasteiger partial charge in [-0.3, -0.25) is 14.4 Å². The zero-order valence-electron chi connectivity index (χ0n) is 21.2. The second-order valence-corrected chi connectivity index (χ2v) is 9.83. The number of aliphatic carboxylic acids is 1. The first-order chi connectivity index (χ1) is 19.1. The Balaban J connectivity index is 1.21. The number of hydrogen-bond donors (Lipinski definition) is 2. The van der Waals surface area contributed by atoms with Gasteiger partial charge in [-0.2, -0.15) is 13.2 Å². The van der Waals surface area contributed by atoms with E-state index >= 15 is 0 Å². The van der Waals surface area contributed by atoms with Gasteiger partial charge in [-0.25, -0.2) is 4.98 Å². The molecular formula is C28H26F3N3O6. The number of rotatable bonds is 7. The number of alkyl halides is 3. The minimum Gasteiger partial charge on any atom is -0.489 e. The summed E-state index contributed by atoms with van der Waals surface area (Å²) < 4.78 is 51.6. The van der Waals surface area contributed by atoms with E-state index in [1.54, 1.807) is 35.2 Å². The maximum absolute atomic E-state index is 13.6. The summed E-state index contributed by atoms with van der Waals surface area (Å²) in [5.74, 6) is -4.70. The number of carboxylic acid groups (broad SMARTS) is 1. The molecule has 3 aromatic rings. The van der Waals surface area contributed by atoms with Crippen LogP contribution in [0.3, 0.4) is 0 Å². The number of nitrogens with one attached hydrogen (secondary N) is 1. The summed E-state index contributed by atoms with van der Waals surface area (Å²) in [5, 5.41) is 11.8. The van der Waals surface area contributed by atoms with Crippen molar-refractivity contribution in [1.82, 2.24) is 9.88 Å². The van der Waals surface area contributed by atoms with Crippen molar-refractivity contribution in [2.45, 2.75) is 38.0 Å². The first-order valence-corrected chi connectivity index (χ1v) is 12.8. The third kappa shape index (κ3) is 5.80. The number of aromatic nitrogens is 1. The van der Waals surface area contributed by atoms with Gasteiger partial charge >= 0.3 is 12.1 Å². The molecule has 1 saturated heterocycles. The molecule has 9 nitrogen and oxygen atoms in total. The van der Waals surface area contributed by atoms with E-state index in [0.29, 0.717) is 50.1 Å². The van der Waals surface area contributed by atoms with Crippen LogP contribution in [0.5, 0.6) is 5.75 Å². The number of amides is 2. The third-order valence-corrected chi connectivity index (χ3v) is 7.14. The second-order valence-electron chi connectivity index (χ2n) is 9.83. The number of oxazole rings is 1. The molecule has 40 heavy (non-hydrogen) atoms. The maximum atomic E-state index is 13.6. The molecule has 5 rings (SSSR count). The number of carbonyl (C=O) groups excluding carboxylic acids is 2. The van der Waals surface area contributed by atoms with Crippen molar-refractivity contribution in [3.63, 3.8) is 0 Å². The van der Waals surface area contributed by atoms with Crippen molar-refractivity contribution in [3.8, 4) is 17.2 Å². The van der Waals surface area contributed by atoms with Crippen molar-refractivity contribution >= 4 is 23.5 Å². The molecule has 12 heteroatoms. The smallest absolute Gasteiger partial charge is 0.452 e. The standard InChI is InChI=1S/C28H26F3N3O6/c29-28(30,31)23-22(33-25(40-23)16-5-2-1-3-6-16)24(35)32-17-9-11-18(12-10-17)39-19-13-14-34(15-19)26(36)20-7-4-8-21(20)27(37)38/h1-3,5-6,9-12,19-21H,4,7-8,13-15H2,(H,32,35)(H,37,38)/t19?,20-,21-/m1/s1. The fraction of sp³-hybridized carbons (Fsp3) is 0.357. The van der Waals surface area contributed by atoms with Gasteiger partial charge in [0.05, 0.1) is 18.4 Å². The average Bonchev–Trinajstić information content (AvgIpc) is 3.69. The summed E-state index contributed by atoms with van der Waals surface area (Å²) in [4.78, 5) is 42.5. The van der Waals surface area contributed by atoms with Gasteiger partial charge in [0.1, 0.15) is 11.9 Å². The fourth-order valence-electron chi connectivity index (χ4n) is 5.18. The molecule has 1 unspecified atom stereocenters. The molecule has 3 atom stereocenters. The number of nitrogens with zero attached hydrogens (tertiary/aromatic N) is 2. The summed E-state index contributed by atoms with van der Waals surface area (Å²) in [6, 6.07) is 14.0. The number of hydrogen-bond acceptors (Lipinski definition) is 6. The lowest BCUT2D eigenvalue weighted by atomic mass is 9.95. The second kappa shape index (κ2) is 11.0. The van der Waals surface area contributed by atoms with Crippen LogP contribution in [0.2, 0.25) is 0 Å². The van der Waals surface area contributed by atoms with E-state index in [2.05, 4.69) is 10.3 Å². The molecule has 0 radical (unpaired) electrons. The van der Waals surface area contributed by atoms with Gasteiger partial charge in [-0.05, 0) is 49.2 Å². The highest BCUT2D eigenvalue weighted by atomic mass is 19.4. The van der Waals surface area contributed by atoms with E-state index in [-0.39, 0.29) is 23.6 Å². The minimum absolute atomic E-state index is 0.157. The lowest BCUT2D eigenvalue weighted by Gasteiger charge is -2.23. The van der Waals surface area contributed by atoms with Gasteiger partial charge in [0.25, 0.3) is 5.91 Å². The van der Waals surface area contributed by atoms with Crippen LogP contribution in [0.25, 0.3) is 11.5 Å². The van der Waals surface area contributed by atoms with E-state index in [9.17, 15) is 32.7 Å². The van der Waals surface area contributed by atoms with Crippen molar-refractivity contribution in [1.29, 1.82) is 0 Å². The lowest BCUT2D eigenvalue weighted by molar-refractivity contribution is -0.153. The number of benzene rings is 2. The van der Waals surface area contributed by atoms with E-state index in [1.165, 1.54) is 24.3 Å². The minimum atomic E-state index is -4.92. The number of carbonyl (C=O) groups is 3. The van der Waals surface area contributed by atoms with Crippen LogP contribution in [0.1, 0.15) is 41.9 Å². The number of ether oxygens (including phenoxy) is 1. The van der Waals surface area contributed by atoms with Gasteiger partial charge in [-0.15, -0.1) is 0 Å². The monoisotopic (exact) mass is 557 g/mol. The van der Waals surface area contributed by atoms with Crippen LogP contribution in [-0.2, 0) is 15.8 Å². The van der Waals surface area contributed by atoms with E-state index in [4.69, 9.17) is 9.15 Å². The number of halogens is 3. The first kappa shape index (κ1) is 27.2. The highest BCUT2D eigenvalue weighted by Crippen LogP contribution is 2.36. The van der Waals surface area contributed by atoms with Crippen LogP contribution in [-0.4, -0.2) is 52.0 Å². The Bertz CT molecular complexity index is 1390. The van der Waals surface area contributed by atoms with Crippen molar-refractivity contribution < 1.29 is 41.8 Å². The Hall–Kier alpha value is -4.35. The Morgan fingerprint density at radius 2 is 1.70 bits per heavy atom. The summed E-state index contributed by atoms with van der Waals surface area (Å²) in [7, 11) is 0. The fourth-order valence-corrected chi connectivity index (χ4v) is 5.18. The summed E-state index contributed by atoms with van der Waals surface area (Å²) in [5.41, 5.74) is -0.362. The molecule has 1 aliphatic carbocycles. The molecule has 0 spiro atoms. The largest absolute Gasteiger partial charge is 0.489 e. The molecule has 1 aliphatic heterocycles. The van der Waals surface area contributed by atoms with Crippen molar-refractivity contribution in [2.75, 3.05) is 18.4 Å². The van der Waals surface area contributed by atoms with Crippen molar-refractivity contribution in [2.24, 2.45) is 11.8 Å². The van der Waals surface area contributed by atoms with Gasteiger partial charge in [-0.1, -0.05) is 24.6 Å². The molecule has 1 aromatic heterocycles. The van der Waals surface area contributed by atoms with Crippen LogP contribution in [0.4, 0.5) is 18.9 Å². The summed E-state index contributed by atoms with van der Waals surface area (Å²) >= 11 is 0. The van der Waals surface area contributed by atoms with E-state index in [1.807, 2.05) is 0 Å². The SMILES string of the molecule is O=C(Nc1ccc(OC2CCN(C(=O)[C@@H]3CCC[C@H]3C(=O)O)C2)cc1)c1nc(-c2ccccc2)oc1C(F)(F)F. The molecule has 2 aliphatic rings. The average molecular weight is 558 g/mol. The van der Waals surface area contributed by atoms with Crippen LogP contribution in [0.15, 0.2) is 59.0 Å². The summed E-state index contributed by atoms with van der Waals surface area (Å²) in [6.45, 7) is 0.793. The van der Waals surface area contributed by atoms with Crippen LogP contribution < -0.4 is 10.1 Å². The predicted molar refractivity (Wildman–Crippen MR) is 135 cm³/mol. The van der Waals surface area contributed by atoms with E-state index in [0.717, 1.165) is 0 Å². The lowest BCUT2D eigenvalue weighted by Crippen LogP contribution is -2.38. The molecule has 2 N–H and O–H groups in total. The highest BCUT2D eigenvalue weighted by molar-refractivity contribution is 6.04. The van der Waals surface area contributed by atoms with Gasteiger partial charge in [0.15, 0.2) is 5.69 Å². The molecule has 210 valence electrons. The Morgan fingerprint density at radius 3 is 2.38 bits per heavy atom. The van der Waals surface area contributed by atoms with Gasteiger partial charge < -0.3 is 24.5 Å². The zero-order chi connectivity index (χ0) is 28.4. The molecule has 0 bridgehead atoms. The first-order valence-electron chi connectivity index (χ1n) is 12.8. The molecular weight excluding hydrogens is 531 g/mol. The number of carboxylic acids is 1. The van der Waals surface area contributed by atoms with Crippen LogP contribution in [0, 0.1) is 11.8 Å². The van der Waals surface area contributed by atoms with E-state index < -0.39 is 41.3 Å². The molecule has 2 amide bonds. The van der Waals surface area contributed by atoms with Gasteiger partial charge in [0.2, 0.25) is 17.6 Å². The number of anilines is 1. The van der Waals surface area contributed by atoms with Crippen LogP contribution >= 0.6 is 0 Å². The Kier molecular flexibility index (Phi) is 7.51. The normalized spacial score (nSPS) is 20.9. The Morgan fingerprint density at radius 1 is 1.00 bits per heavy atom. The molecule has 2 fully saturated rings. The Labute approximate surface area is 226 Å². The quantitative estimate of drug-likeness (QED) is 0.415. The molecule has 2 heterocycles. The zero-order valence-corrected chi connectivity index (χ0v) is 21.2. The van der Waals surface area contributed by atoms with Gasteiger partial charge in [0, 0.05) is 24.2 Å². The number of likely N-dealkylation sites (tertiary alicyclic amines) is 1. The summed E-state index contributed by atoms with van der Waals surface area (Å²) in [6.07, 6.45) is -2.86. The molecule has 2 aromatic carbocycles. The topological polar surface area (TPSA) is 122 Å². The maximum Gasteiger partial charge on any atom is 0.452 e. The third-order valence-electron chi connectivity index (χ3n) is 7.14. The highest BCUT2D eigenvalue weighted by Gasteiger charge is 2.43. The molecule has 1 saturated carbocycles. The van der Waals surface area contributed by atoms with Crippen molar-refractivity contribution in [3.05, 3.63) is 66.1 Å².